The minimum Gasteiger partial charge on any atom is -0.486 e. The molecule has 0 fully saturated rings. The van der Waals surface area contributed by atoms with Crippen molar-refractivity contribution in [3.8, 4) is 11.5 Å². The van der Waals surface area contributed by atoms with E-state index in [9.17, 15) is 18.0 Å². The molecule has 1 aromatic heterocycles. The Balaban J connectivity index is 1.47. The first-order valence-electron chi connectivity index (χ1n) is 13.8. The first kappa shape index (κ1) is 34.2. The van der Waals surface area contributed by atoms with Crippen LogP contribution in [0.2, 0.25) is 10.0 Å². The van der Waals surface area contributed by atoms with Gasteiger partial charge < -0.3 is 19.9 Å². The largest absolute Gasteiger partial charge is 0.486 e. The maximum absolute atomic E-state index is 13.3. The molecule has 0 unspecified atom stereocenters. The van der Waals surface area contributed by atoms with Gasteiger partial charge in [-0.25, -0.2) is 18.2 Å². The van der Waals surface area contributed by atoms with Crippen molar-refractivity contribution in [2.24, 2.45) is 0 Å². The number of carboxylic acid groups (broad SMARTS) is 1. The summed E-state index contributed by atoms with van der Waals surface area (Å²) in [4.78, 5) is 29.3. The number of ether oxygens (including phenoxy) is 2. The highest BCUT2D eigenvalue weighted by molar-refractivity contribution is 7.91. The Kier molecular flexibility index (Phi) is 11.1. The third-order valence-electron chi connectivity index (χ3n) is 6.51. The quantitative estimate of drug-likeness (QED) is 0.148. The van der Waals surface area contributed by atoms with Gasteiger partial charge >= 0.3 is 5.97 Å². The molecule has 0 atom stereocenters. The number of nitrogens with zero attached hydrogens (tertiary/aromatic N) is 1. The molecule has 13 heteroatoms. The Morgan fingerprint density at radius 1 is 0.978 bits per heavy atom. The van der Waals surface area contributed by atoms with Crippen LogP contribution < -0.4 is 14.8 Å². The fraction of sp³-hybridized carbons (Fsp3) is 0.281. The third kappa shape index (κ3) is 9.92. The van der Waals surface area contributed by atoms with Gasteiger partial charge in [0.05, 0.1) is 22.0 Å². The Bertz CT molecular complexity index is 1780. The number of anilines is 1. The number of aryl methyl sites for hydroxylation is 1. The molecule has 0 spiro atoms. The number of hydrogen-bond donors (Lipinski definition) is 2. The second-order valence-corrected chi connectivity index (χ2v) is 15.1. The molecule has 0 aliphatic rings. The van der Waals surface area contributed by atoms with Crippen LogP contribution in [0, 0.1) is 0 Å². The molecule has 0 radical (unpaired) electrons. The topological polar surface area (TPSA) is 132 Å². The van der Waals surface area contributed by atoms with E-state index in [0.29, 0.717) is 29.2 Å². The van der Waals surface area contributed by atoms with Gasteiger partial charge in [-0.2, -0.15) is 0 Å². The second-order valence-electron chi connectivity index (χ2n) is 11.2. The van der Waals surface area contributed by atoms with Crippen LogP contribution >= 0.6 is 34.5 Å². The van der Waals surface area contributed by atoms with E-state index in [-0.39, 0.29) is 44.7 Å². The Morgan fingerprint density at radius 2 is 1.71 bits per heavy atom. The average molecular weight is 692 g/mol. The zero-order valence-corrected chi connectivity index (χ0v) is 27.9. The van der Waals surface area contributed by atoms with Gasteiger partial charge in [-0.15, -0.1) is 11.3 Å². The highest BCUT2D eigenvalue weighted by Gasteiger charge is 2.19. The van der Waals surface area contributed by atoms with E-state index in [2.05, 4.69) is 31.1 Å². The standard InChI is InChI=1S/C32H32Cl2N2O7S2/c1-32(2,3)28-19-44-29(36-28)17-42-24-15-21(14-23(34)16-24)31(39)35-26-13-20(6-11-27(26)43-18-30(37)38)5-4-12-45(40,41)25-9-7-22(33)8-10-25/h6-11,13-16,19H,4-5,12,17-18H2,1-3H3,(H,35,39)(H,37,38). The number of halogens is 2. The van der Waals surface area contributed by atoms with Gasteiger partial charge in [-0.3, -0.25) is 4.79 Å². The maximum Gasteiger partial charge on any atom is 0.341 e. The minimum absolute atomic E-state index is 0.0878. The number of benzene rings is 3. The van der Waals surface area contributed by atoms with Crippen molar-refractivity contribution in [3.05, 3.63) is 97.9 Å². The normalized spacial score (nSPS) is 11.7. The van der Waals surface area contributed by atoms with Crippen molar-refractivity contribution in [2.45, 2.75) is 50.5 Å². The third-order valence-corrected chi connectivity index (χ3v) is 9.62. The number of carbonyl (C=O) groups is 2. The molecule has 0 saturated carbocycles. The van der Waals surface area contributed by atoms with Crippen molar-refractivity contribution in [1.29, 1.82) is 0 Å². The molecule has 0 aliphatic heterocycles. The summed E-state index contributed by atoms with van der Waals surface area (Å²) < 4.78 is 36.8. The van der Waals surface area contributed by atoms with E-state index in [1.165, 1.54) is 47.7 Å². The number of nitrogens with one attached hydrogen (secondary N) is 1. The summed E-state index contributed by atoms with van der Waals surface area (Å²) in [5, 5.41) is 15.4. The van der Waals surface area contributed by atoms with E-state index in [0.717, 1.165) is 10.7 Å². The fourth-order valence-corrected chi connectivity index (χ4v) is 6.75. The SMILES string of the molecule is CC(C)(C)c1csc(COc2cc(Cl)cc(C(=O)Nc3cc(CCCS(=O)(=O)c4ccc(Cl)cc4)ccc3OCC(=O)O)c2)n1. The monoisotopic (exact) mass is 690 g/mol. The molecule has 1 heterocycles. The lowest BCUT2D eigenvalue weighted by molar-refractivity contribution is -0.139. The lowest BCUT2D eigenvalue weighted by Crippen LogP contribution is -2.15. The van der Waals surface area contributed by atoms with Gasteiger partial charge in [-0.1, -0.05) is 50.0 Å². The Morgan fingerprint density at radius 3 is 2.38 bits per heavy atom. The summed E-state index contributed by atoms with van der Waals surface area (Å²) in [5.74, 6) is -1.31. The summed E-state index contributed by atoms with van der Waals surface area (Å²) >= 11 is 13.7. The molecule has 2 N–H and O–H groups in total. The number of carboxylic acids is 1. The van der Waals surface area contributed by atoms with Crippen molar-refractivity contribution in [1.82, 2.24) is 4.98 Å². The van der Waals surface area contributed by atoms with Gasteiger partial charge in [0.2, 0.25) is 0 Å². The van der Waals surface area contributed by atoms with E-state index in [1.54, 1.807) is 24.3 Å². The van der Waals surface area contributed by atoms with E-state index in [1.807, 2.05) is 5.38 Å². The molecule has 45 heavy (non-hydrogen) atoms. The van der Waals surface area contributed by atoms with Crippen molar-refractivity contribution in [3.63, 3.8) is 0 Å². The Labute approximate surface area is 276 Å². The van der Waals surface area contributed by atoms with Crippen LogP contribution in [-0.4, -0.2) is 42.7 Å². The van der Waals surface area contributed by atoms with E-state index in [4.69, 9.17) is 37.8 Å². The molecule has 238 valence electrons. The number of carbonyl (C=O) groups excluding carboxylic acids is 1. The number of hydrogen-bond acceptors (Lipinski definition) is 8. The number of sulfone groups is 1. The fourth-order valence-electron chi connectivity index (χ4n) is 4.16. The van der Waals surface area contributed by atoms with Gasteiger partial charge in [0.25, 0.3) is 5.91 Å². The smallest absolute Gasteiger partial charge is 0.341 e. The van der Waals surface area contributed by atoms with Crippen molar-refractivity contribution < 1.29 is 32.6 Å². The minimum atomic E-state index is -3.52. The molecule has 0 bridgehead atoms. The highest BCUT2D eigenvalue weighted by Crippen LogP contribution is 2.30. The van der Waals surface area contributed by atoms with E-state index >= 15 is 0 Å². The zero-order valence-electron chi connectivity index (χ0n) is 24.8. The molecule has 0 aliphatic carbocycles. The predicted octanol–water partition coefficient (Wildman–Crippen LogP) is 7.45. The molecule has 0 saturated heterocycles. The van der Waals surface area contributed by atoms with Crippen molar-refractivity contribution in [2.75, 3.05) is 17.7 Å². The Hall–Kier alpha value is -3.64. The van der Waals surface area contributed by atoms with Crippen LogP contribution in [0.1, 0.15) is 53.8 Å². The van der Waals surface area contributed by atoms with Gasteiger partial charge in [0.15, 0.2) is 16.4 Å². The summed E-state index contributed by atoms with van der Waals surface area (Å²) in [5.41, 5.74) is 2.01. The average Bonchev–Trinajstić information content (AvgIpc) is 3.45. The molecule has 4 rings (SSSR count). The van der Waals surface area contributed by atoms with Crippen molar-refractivity contribution >= 4 is 61.9 Å². The molecule has 3 aromatic carbocycles. The summed E-state index contributed by atoms with van der Waals surface area (Å²) in [6.45, 7) is 5.82. The van der Waals surface area contributed by atoms with Gasteiger partial charge in [-0.05, 0) is 73.0 Å². The molecular formula is C32H32Cl2N2O7S2. The molecular weight excluding hydrogens is 659 g/mol. The number of rotatable bonds is 13. The van der Waals surface area contributed by atoms with Crippen LogP contribution in [0.3, 0.4) is 0 Å². The summed E-state index contributed by atoms with van der Waals surface area (Å²) in [7, 11) is -3.52. The first-order chi connectivity index (χ1) is 21.2. The lowest BCUT2D eigenvalue weighted by atomic mass is 9.93. The number of aromatic nitrogens is 1. The highest BCUT2D eigenvalue weighted by atomic mass is 35.5. The summed E-state index contributed by atoms with van der Waals surface area (Å²) in [6.07, 6.45) is 0.677. The molecule has 9 nitrogen and oxygen atoms in total. The van der Waals surface area contributed by atoms with Crippen LogP contribution in [-0.2, 0) is 33.1 Å². The maximum atomic E-state index is 13.3. The van der Waals surface area contributed by atoms with Crippen LogP contribution in [0.25, 0.3) is 0 Å². The summed E-state index contributed by atoms with van der Waals surface area (Å²) in [6, 6.07) is 15.5. The van der Waals surface area contributed by atoms with Crippen LogP contribution in [0.5, 0.6) is 11.5 Å². The molecule has 4 aromatic rings. The van der Waals surface area contributed by atoms with Crippen LogP contribution in [0.15, 0.2) is 70.9 Å². The lowest BCUT2D eigenvalue weighted by Gasteiger charge is -2.15. The zero-order chi connectivity index (χ0) is 32.8. The van der Waals surface area contributed by atoms with Gasteiger partial charge in [0, 0.05) is 26.4 Å². The van der Waals surface area contributed by atoms with Gasteiger partial charge in [0.1, 0.15) is 23.1 Å². The first-order valence-corrected chi connectivity index (χ1v) is 17.1. The van der Waals surface area contributed by atoms with Crippen LogP contribution in [0.4, 0.5) is 5.69 Å². The number of amides is 1. The number of thiazole rings is 1. The van der Waals surface area contributed by atoms with E-state index < -0.39 is 28.3 Å². The molecule has 1 amide bonds. The second kappa shape index (κ2) is 14.6. The predicted molar refractivity (Wildman–Crippen MR) is 176 cm³/mol. The number of aliphatic carboxylic acids is 1.